The summed E-state index contributed by atoms with van der Waals surface area (Å²) < 4.78 is 13.6. The van der Waals surface area contributed by atoms with E-state index in [1.165, 1.54) is 6.07 Å². The molecule has 3 amide bonds. The molecule has 2 N–H and O–H groups in total. The molecular formula is C17H24FN3O2. The number of nitrogens with one attached hydrogen (secondary N) is 2. The average Bonchev–Trinajstić information content (AvgIpc) is 2.53. The van der Waals surface area contributed by atoms with E-state index in [4.69, 9.17) is 0 Å². The molecule has 1 aliphatic heterocycles. The van der Waals surface area contributed by atoms with Crippen molar-refractivity contribution in [2.75, 3.05) is 13.1 Å². The molecule has 6 heteroatoms. The molecule has 1 unspecified atom stereocenters. The lowest BCUT2D eigenvalue weighted by molar-refractivity contribution is -0.126. The van der Waals surface area contributed by atoms with Crippen molar-refractivity contribution in [2.45, 2.75) is 39.3 Å². The second-order valence-electron chi connectivity index (χ2n) is 6.20. The van der Waals surface area contributed by atoms with Gasteiger partial charge >= 0.3 is 6.03 Å². The third-order valence-electron chi connectivity index (χ3n) is 3.90. The number of amides is 3. The van der Waals surface area contributed by atoms with Crippen LogP contribution in [0.25, 0.3) is 0 Å². The molecule has 2 rings (SSSR count). The summed E-state index contributed by atoms with van der Waals surface area (Å²) in [7, 11) is 0. The van der Waals surface area contributed by atoms with E-state index >= 15 is 0 Å². The van der Waals surface area contributed by atoms with E-state index in [1.807, 2.05) is 13.8 Å². The Morgan fingerprint density at radius 2 is 2.09 bits per heavy atom. The van der Waals surface area contributed by atoms with Crippen molar-refractivity contribution >= 4 is 11.9 Å². The van der Waals surface area contributed by atoms with Gasteiger partial charge in [0.15, 0.2) is 0 Å². The summed E-state index contributed by atoms with van der Waals surface area (Å²) in [6.45, 7) is 5.04. The topological polar surface area (TPSA) is 61.4 Å². The SMILES string of the molecule is CC(C)NC(=O)N1CCCC(C(=O)NCc2ccccc2F)C1. The number of hydrogen-bond donors (Lipinski definition) is 2. The maximum Gasteiger partial charge on any atom is 0.317 e. The molecule has 126 valence electrons. The van der Waals surface area contributed by atoms with Crippen LogP contribution in [0.2, 0.25) is 0 Å². The van der Waals surface area contributed by atoms with Gasteiger partial charge in [0.2, 0.25) is 5.91 Å². The fourth-order valence-corrected chi connectivity index (χ4v) is 2.68. The van der Waals surface area contributed by atoms with Gasteiger partial charge in [-0.25, -0.2) is 9.18 Å². The van der Waals surface area contributed by atoms with Crippen molar-refractivity contribution in [1.82, 2.24) is 15.5 Å². The summed E-state index contributed by atoms with van der Waals surface area (Å²) in [5, 5.41) is 5.62. The Morgan fingerprint density at radius 3 is 2.78 bits per heavy atom. The molecule has 1 heterocycles. The number of halogens is 1. The first-order valence-electron chi connectivity index (χ1n) is 8.04. The molecular weight excluding hydrogens is 297 g/mol. The molecule has 1 saturated heterocycles. The first-order valence-corrected chi connectivity index (χ1v) is 8.04. The van der Waals surface area contributed by atoms with E-state index in [2.05, 4.69) is 10.6 Å². The Hall–Kier alpha value is -2.11. The van der Waals surface area contributed by atoms with Gasteiger partial charge in [-0.05, 0) is 32.8 Å². The van der Waals surface area contributed by atoms with Crippen LogP contribution in [0.5, 0.6) is 0 Å². The van der Waals surface area contributed by atoms with E-state index in [0.29, 0.717) is 18.7 Å². The number of likely N-dealkylation sites (tertiary alicyclic amines) is 1. The van der Waals surface area contributed by atoms with Crippen molar-refractivity contribution in [1.29, 1.82) is 0 Å². The zero-order valence-corrected chi connectivity index (χ0v) is 13.6. The van der Waals surface area contributed by atoms with E-state index in [1.54, 1.807) is 23.1 Å². The van der Waals surface area contributed by atoms with Crippen molar-refractivity contribution in [3.05, 3.63) is 35.6 Å². The molecule has 0 saturated carbocycles. The van der Waals surface area contributed by atoms with E-state index in [0.717, 1.165) is 12.8 Å². The molecule has 1 aromatic rings. The quantitative estimate of drug-likeness (QED) is 0.894. The van der Waals surface area contributed by atoms with Gasteiger partial charge < -0.3 is 15.5 Å². The van der Waals surface area contributed by atoms with Gasteiger partial charge in [-0.1, -0.05) is 18.2 Å². The smallest absolute Gasteiger partial charge is 0.317 e. The maximum atomic E-state index is 13.6. The number of urea groups is 1. The number of benzene rings is 1. The van der Waals surface area contributed by atoms with Crippen molar-refractivity contribution in [2.24, 2.45) is 5.92 Å². The van der Waals surface area contributed by atoms with Crippen molar-refractivity contribution < 1.29 is 14.0 Å². The van der Waals surface area contributed by atoms with E-state index < -0.39 is 0 Å². The number of carbonyl (C=O) groups is 2. The molecule has 0 aromatic heterocycles. The van der Waals surface area contributed by atoms with E-state index in [9.17, 15) is 14.0 Å². The first kappa shape index (κ1) is 17.2. The second kappa shape index (κ2) is 7.94. The standard InChI is InChI=1S/C17H24FN3O2/c1-12(2)20-17(23)21-9-5-7-14(11-21)16(22)19-10-13-6-3-4-8-15(13)18/h3-4,6,8,12,14H,5,7,9-11H2,1-2H3,(H,19,22)(H,20,23). The molecule has 0 aliphatic carbocycles. The number of piperidine rings is 1. The maximum absolute atomic E-state index is 13.6. The van der Waals surface area contributed by atoms with Gasteiger partial charge in [0.1, 0.15) is 5.82 Å². The van der Waals surface area contributed by atoms with Gasteiger partial charge in [0.05, 0.1) is 5.92 Å². The fraction of sp³-hybridized carbons (Fsp3) is 0.529. The van der Waals surface area contributed by atoms with Crippen molar-refractivity contribution in [3.8, 4) is 0 Å². The van der Waals surface area contributed by atoms with Crippen LogP contribution in [-0.4, -0.2) is 36.0 Å². The predicted molar refractivity (Wildman–Crippen MR) is 86.2 cm³/mol. The van der Waals surface area contributed by atoms with Crippen LogP contribution in [0.4, 0.5) is 9.18 Å². The zero-order chi connectivity index (χ0) is 16.8. The van der Waals surface area contributed by atoms with Crippen LogP contribution in [0.15, 0.2) is 24.3 Å². The van der Waals surface area contributed by atoms with Crippen LogP contribution in [0.1, 0.15) is 32.3 Å². The Bertz CT molecular complexity index is 563. The van der Waals surface area contributed by atoms with Gasteiger partial charge in [0, 0.05) is 31.2 Å². The van der Waals surface area contributed by atoms with Crippen molar-refractivity contribution in [3.63, 3.8) is 0 Å². The summed E-state index contributed by atoms with van der Waals surface area (Å²) in [4.78, 5) is 26.0. The molecule has 0 radical (unpaired) electrons. The van der Waals surface area contributed by atoms with Crippen LogP contribution in [-0.2, 0) is 11.3 Å². The monoisotopic (exact) mass is 321 g/mol. The minimum atomic E-state index is -0.325. The number of carbonyl (C=O) groups excluding carboxylic acids is 2. The Kier molecular flexibility index (Phi) is 5.96. The molecule has 1 aromatic carbocycles. The zero-order valence-electron chi connectivity index (χ0n) is 13.6. The summed E-state index contributed by atoms with van der Waals surface area (Å²) in [5.41, 5.74) is 0.464. The van der Waals surface area contributed by atoms with Gasteiger partial charge in [-0.15, -0.1) is 0 Å². The third-order valence-corrected chi connectivity index (χ3v) is 3.90. The average molecular weight is 321 g/mol. The largest absolute Gasteiger partial charge is 0.352 e. The molecule has 0 spiro atoms. The third kappa shape index (κ3) is 4.94. The molecule has 1 atom stereocenters. The van der Waals surface area contributed by atoms with Gasteiger partial charge in [-0.3, -0.25) is 4.79 Å². The molecule has 23 heavy (non-hydrogen) atoms. The minimum Gasteiger partial charge on any atom is -0.352 e. The number of rotatable bonds is 4. The second-order valence-corrected chi connectivity index (χ2v) is 6.20. The normalized spacial score (nSPS) is 17.9. The predicted octanol–water partition coefficient (Wildman–Crippen LogP) is 2.27. The Labute approximate surface area is 136 Å². The highest BCUT2D eigenvalue weighted by Crippen LogP contribution is 2.17. The summed E-state index contributed by atoms with van der Waals surface area (Å²) in [5.74, 6) is -0.696. The van der Waals surface area contributed by atoms with Gasteiger partial charge in [-0.2, -0.15) is 0 Å². The summed E-state index contributed by atoms with van der Waals surface area (Å²) in [6, 6.07) is 6.32. The lowest BCUT2D eigenvalue weighted by Crippen LogP contribution is -2.50. The highest BCUT2D eigenvalue weighted by Gasteiger charge is 2.28. The summed E-state index contributed by atoms with van der Waals surface area (Å²) >= 11 is 0. The molecule has 5 nitrogen and oxygen atoms in total. The molecule has 1 fully saturated rings. The molecule has 0 bridgehead atoms. The van der Waals surface area contributed by atoms with Crippen LogP contribution < -0.4 is 10.6 Å². The lowest BCUT2D eigenvalue weighted by Gasteiger charge is -2.32. The summed E-state index contributed by atoms with van der Waals surface area (Å²) in [6.07, 6.45) is 1.54. The van der Waals surface area contributed by atoms with Gasteiger partial charge in [0.25, 0.3) is 0 Å². The Balaban J connectivity index is 1.87. The number of hydrogen-bond acceptors (Lipinski definition) is 2. The van der Waals surface area contributed by atoms with Crippen LogP contribution >= 0.6 is 0 Å². The highest BCUT2D eigenvalue weighted by atomic mass is 19.1. The number of nitrogens with zero attached hydrogens (tertiary/aromatic N) is 1. The highest BCUT2D eigenvalue weighted by molar-refractivity contribution is 5.80. The molecule has 1 aliphatic rings. The Morgan fingerprint density at radius 1 is 1.35 bits per heavy atom. The lowest BCUT2D eigenvalue weighted by atomic mass is 9.97. The fourth-order valence-electron chi connectivity index (χ4n) is 2.68. The van der Waals surface area contributed by atoms with E-state index in [-0.39, 0.29) is 36.3 Å². The first-order chi connectivity index (χ1) is 11.0. The minimum absolute atomic E-state index is 0.0674. The van der Waals surface area contributed by atoms with Crippen LogP contribution in [0, 0.1) is 11.7 Å². The van der Waals surface area contributed by atoms with Crippen LogP contribution in [0.3, 0.4) is 0 Å².